The molecule has 1 aromatic carbocycles. The Morgan fingerprint density at radius 2 is 2.03 bits per heavy atom. The van der Waals surface area contributed by atoms with Crippen LogP contribution in [0.25, 0.3) is 26.2 Å². The lowest BCUT2D eigenvalue weighted by Gasteiger charge is -2.26. The lowest BCUT2D eigenvalue weighted by Crippen LogP contribution is -2.27. The second kappa shape index (κ2) is 8.74. The maximum absolute atomic E-state index is 12.8. The number of nitrogens with one attached hydrogen (secondary N) is 1. The van der Waals surface area contributed by atoms with Crippen LogP contribution in [0, 0.1) is 12.8 Å². The maximum atomic E-state index is 12.8. The molecule has 1 fully saturated rings. The van der Waals surface area contributed by atoms with E-state index < -0.39 is 0 Å². The second-order valence-electron chi connectivity index (χ2n) is 9.11. The Balaban J connectivity index is 1.29. The number of anilines is 2. The van der Waals surface area contributed by atoms with E-state index in [0.29, 0.717) is 5.82 Å². The van der Waals surface area contributed by atoms with Crippen molar-refractivity contribution in [2.45, 2.75) is 38.5 Å². The molecule has 176 valence electrons. The fourth-order valence-corrected chi connectivity index (χ4v) is 6.15. The largest absolute Gasteiger partial charge is 0.382 e. The Kier molecular flexibility index (Phi) is 5.41. The van der Waals surface area contributed by atoms with Gasteiger partial charge in [-0.15, -0.1) is 11.3 Å². The van der Waals surface area contributed by atoms with Gasteiger partial charge < -0.3 is 11.1 Å². The molecular weight excluding hydrogens is 458 g/mol. The number of pyridine rings is 1. The topological polar surface area (TPSA) is 111 Å². The van der Waals surface area contributed by atoms with Crippen molar-refractivity contribution in [1.82, 2.24) is 24.6 Å². The average Bonchev–Trinajstić information content (AvgIpc) is 3.48. The molecule has 5 aromatic rings. The van der Waals surface area contributed by atoms with Crippen LogP contribution in [0.15, 0.2) is 55.1 Å². The highest BCUT2D eigenvalue weighted by molar-refractivity contribution is 7.22. The number of aryl methyl sites for hydroxylation is 1. The molecule has 1 aliphatic carbocycles. The summed E-state index contributed by atoms with van der Waals surface area (Å²) in [6, 6.07) is 12.2. The van der Waals surface area contributed by atoms with Gasteiger partial charge in [0.25, 0.3) is 0 Å². The minimum Gasteiger partial charge on any atom is -0.382 e. The van der Waals surface area contributed by atoms with Crippen LogP contribution in [-0.2, 0) is 4.79 Å². The molecule has 1 saturated carbocycles. The molecular formula is C26H25N7OS. The van der Waals surface area contributed by atoms with Crippen LogP contribution in [0.5, 0.6) is 0 Å². The minimum atomic E-state index is -0.0255. The lowest BCUT2D eigenvalue weighted by atomic mass is 9.81. The smallest absolute Gasteiger partial charge is 0.227 e. The molecule has 4 aromatic heterocycles. The SMILES string of the molecule is Cc1cccc2cc(-c3nc(C4CCC(C(=O)Nc5cccnc5)CC4)n4ncnc(N)c34)sc12. The van der Waals surface area contributed by atoms with Crippen molar-refractivity contribution in [3.8, 4) is 10.6 Å². The zero-order valence-electron chi connectivity index (χ0n) is 19.3. The van der Waals surface area contributed by atoms with E-state index in [4.69, 9.17) is 10.7 Å². The van der Waals surface area contributed by atoms with E-state index in [-0.39, 0.29) is 17.7 Å². The number of fused-ring (bicyclic) bond motifs is 2. The van der Waals surface area contributed by atoms with Gasteiger partial charge in [-0.05, 0) is 61.8 Å². The van der Waals surface area contributed by atoms with Gasteiger partial charge in [0.15, 0.2) is 5.82 Å². The summed E-state index contributed by atoms with van der Waals surface area (Å²) in [5.74, 6) is 1.54. The summed E-state index contributed by atoms with van der Waals surface area (Å²) in [7, 11) is 0. The van der Waals surface area contributed by atoms with Crippen LogP contribution in [0.1, 0.15) is 43.0 Å². The van der Waals surface area contributed by atoms with E-state index in [0.717, 1.165) is 53.3 Å². The lowest BCUT2D eigenvalue weighted by molar-refractivity contribution is -0.120. The molecule has 9 heteroatoms. The predicted octanol–water partition coefficient (Wildman–Crippen LogP) is 5.20. The first-order chi connectivity index (χ1) is 17.1. The molecule has 0 atom stereocenters. The molecule has 1 aliphatic rings. The Bertz CT molecular complexity index is 1530. The zero-order valence-corrected chi connectivity index (χ0v) is 20.1. The van der Waals surface area contributed by atoms with Crippen LogP contribution in [0.2, 0.25) is 0 Å². The molecule has 4 heterocycles. The summed E-state index contributed by atoms with van der Waals surface area (Å²) >= 11 is 1.72. The molecule has 6 rings (SSSR count). The van der Waals surface area contributed by atoms with E-state index >= 15 is 0 Å². The van der Waals surface area contributed by atoms with Crippen LogP contribution in [0.4, 0.5) is 11.5 Å². The molecule has 3 N–H and O–H groups in total. The van der Waals surface area contributed by atoms with Crippen LogP contribution >= 0.6 is 11.3 Å². The molecule has 0 saturated heterocycles. The summed E-state index contributed by atoms with van der Waals surface area (Å²) in [5.41, 5.74) is 9.89. The molecule has 1 amide bonds. The number of benzene rings is 1. The maximum Gasteiger partial charge on any atom is 0.227 e. The monoisotopic (exact) mass is 483 g/mol. The van der Waals surface area contributed by atoms with Gasteiger partial charge in [0.05, 0.1) is 16.8 Å². The number of aromatic nitrogens is 5. The highest BCUT2D eigenvalue weighted by Gasteiger charge is 2.31. The number of carbonyl (C=O) groups excluding carboxylic acids is 1. The summed E-state index contributed by atoms with van der Waals surface area (Å²) in [6.45, 7) is 2.12. The number of nitrogens with two attached hydrogens (primary N) is 1. The molecule has 0 spiro atoms. The number of imidazole rings is 1. The first kappa shape index (κ1) is 21.7. The Morgan fingerprint density at radius 1 is 1.17 bits per heavy atom. The Morgan fingerprint density at radius 3 is 2.80 bits per heavy atom. The number of hydrogen-bond acceptors (Lipinski definition) is 7. The van der Waals surface area contributed by atoms with Gasteiger partial charge in [0, 0.05) is 22.7 Å². The van der Waals surface area contributed by atoms with Gasteiger partial charge >= 0.3 is 0 Å². The van der Waals surface area contributed by atoms with Gasteiger partial charge in [-0.1, -0.05) is 18.2 Å². The van der Waals surface area contributed by atoms with E-state index in [9.17, 15) is 4.79 Å². The third kappa shape index (κ3) is 3.91. The van der Waals surface area contributed by atoms with E-state index in [1.807, 2.05) is 16.6 Å². The highest BCUT2D eigenvalue weighted by atomic mass is 32.1. The van der Waals surface area contributed by atoms with Crippen molar-refractivity contribution in [2.75, 3.05) is 11.1 Å². The zero-order chi connectivity index (χ0) is 23.9. The Hall–Kier alpha value is -3.85. The quantitative estimate of drug-likeness (QED) is 0.363. The first-order valence-corrected chi connectivity index (χ1v) is 12.6. The van der Waals surface area contributed by atoms with Gasteiger partial charge in [-0.3, -0.25) is 9.78 Å². The third-order valence-corrected chi connectivity index (χ3v) is 8.15. The summed E-state index contributed by atoms with van der Waals surface area (Å²) < 4.78 is 3.11. The fourth-order valence-electron chi connectivity index (χ4n) is 5.03. The molecule has 0 radical (unpaired) electrons. The number of hydrogen-bond donors (Lipinski definition) is 2. The molecule has 35 heavy (non-hydrogen) atoms. The summed E-state index contributed by atoms with van der Waals surface area (Å²) in [5, 5.41) is 8.71. The predicted molar refractivity (Wildman–Crippen MR) is 138 cm³/mol. The van der Waals surface area contributed by atoms with E-state index in [1.165, 1.54) is 22.0 Å². The van der Waals surface area contributed by atoms with Crippen molar-refractivity contribution < 1.29 is 4.79 Å². The number of nitrogen functional groups attached to an aromatic ring is 1. The van der Waals surface area contributed by atoms with Crippen molar-refractivity contribution in [3.05, 3.63) is 66.5 Å². The van der Waals surface area contributed by atoms with E-state index in [1.54, 1.807) is 23.7 Å². The van der Waals surface area contributed by atoms with E-state index in [2.05, 4.69) is 51.6 Å². The number of amides is 1. The molecule has 0 aliphatic heterocycles. The molecule has 8 nitrogen and oxygen atoms in total. The second-order valence-corrected chi connectivity index (χ2v) is 10.2. The summed E-state index contributed by atoms with van der Waals surface area (Å²) in [6.07, 6.45) is 8.16. The fraction of sp³-hybridized carbons (Fsp3) is 0.269. The highest BCUT2D eigenvalue weighted by Crippen LogP contribution is 2.41. The normalized spacial score (nSPS) is 18.2. The van der Waals surface area contributed by atoms with Crippen molar-refractivity contribution in [2.24, 2.45) is 5.92 Å². The number of carbonyl (C=O) groups is 1. The molecule has 0 unspecified atom stereocenters. The van der Waals surface area contributed by atoms with Crippen molar-refractivity contribution >= 4 is 44.4 Å². The van der Waals surface area contributed by atoms with Crippen LogP contribution in [0.3, 0.4) is 0 Å². The van der Waals surface area contributed by atoms with Gasteiger partial charge in [-0.25, -0.2) is 14.5 Å². The number of nitrogens with zero attached hydrogens (tertiary/aromatic N) is 5. The van der Waals surface area contributed by atoms with Crippen LogP contribution < -0.4 is 11.1 Å². The van der Waals surface area contributed by atoms with Gasteiger partial charge in [-0.2, -0.15) is 5.10 Å². The third-order valence-electron chi connectivity index (χ3n) is 6.85. The number of thiophene rings is 1. The van der Waals surface area contributed by atoms with Gasteiger partial charge in [0.2, 0.25) is 5.91 Å². The van der Waals surface area contributed by atoms with Crippen LogP contribution in [-0.4, -0.2) is 30.5 Å². The first-order valence-electron chi connectivity index (χ1n) is 11.8. The molecule has 0 bridgehead atoms. The standard InChI is InChI=1S/C26H25N7OS/c1-15-4-2-5-18-12-20(35-23(15)18)21-22-24(27)29-14-30-33(22)25(32-21)16-7-9-17(10-8-16)26(34)31-19-6-3-11-28-13-19/h2-6,11-14,16-17H,7-10H2,1H3,(H,31,34)(H2,27,29,30). The summed E-state index contributed by atoms with van der Waals surface area (Å²) in [4.78, 5) is 27.2. The van der Waals surface area contributed by atoms with Crippen molar-refractivity contribution in [3.63, 3.8) is 0 Å². The Labute approximate surface area is 206 Å². The minimum absolute atomic E-state index is 0.0255. The van der Waals surface area contributed by atoms with Gasteiger partial charge in [0.1, 0.15) is 23.4 Å². The van der Waals surface area contributed by atoms with Crippen molar-refractivity contribution in [1.29, 1.82) is 0 Å². The average molecular weight is 484 g/mol. The number of rotatable bonds is 4.